The predicted molar refractivity (Wildman–Crippen MR) is 139 cm³/mol. The van der Waals surface area contributed by atoms with E-state index < -0.39 is 0 Å². The second-order valence-corrected chi connectivity index (χ2v) is 8.98. The van der Waals surface area contributed by atoms with E-state index in [4.69, 9.17) is 4.98 Å². The van der Waals surface area contributed by atoms with Crippen molar-refractivity contribution in [2.75, 3.05) is 6.54 Å². The first-order valence-corrected chi connectivity index (χ1v) is 11.8. The lowest BCUT2D eigenvalue weighted by molar-refractivity contribution is 0.792. The summed E-state index contributed by atoms with van der Waals surface area (Å²) in [5.41, 5.74) is 9.38. The van der Waals surface area contributed by atoms with Crippen molar-refractivity contribution in [3.05, 3.63) is 76.3 Å². The first-order chi connectivity index (χ1) is 16.1. The minimum atomic E-state index is 0.545. The molecule has 3 aromatic rings. The SMILES string of the molecule is C/C=C(\C)c1c(C)n(-c2cc(C3=CC=NCC3)nc(-c3ccncc3)c2)c2c1=CC(C)CC=2. The Morgan fingerprint density at radius 2 is 1.94 bits per heavy atom. The zero-order valence-electron chi connectivity index (χ0n) is 19.8. The molecule has 0 amide bonds. The lowest BCUT2D eigenvalue weighted by Gasteiger charge is -2.16. The molecule has 1 unspecified atom stereocenters. The van der Waals surface area contributed by atoms with Crippen molar-refractivity contribution < 1.29 is 0 Å². The van der Waals surface area contributed by atoms with Gasteiger partial charge in [0.15, 0.2) is 0 Å². The van der Waals surface area contributed by atoms with Crippen LogP contribution in [0, 0.1) is 12.8 Å². The van der Waals surface area contributed by atoms with Gasteiger partial charge in [0, 0.05) is 52.5 Å². The van der Waals surface area contributed by atoms with Crippen LogP contribution in [0.5, 0.6) is 0 Å². The molecule has 4 heterocycles. The molecule has 0 spiro atoms. The molecule has 2 aliphatic rings. The molecule has 5 rings (SSSR count). The van der Waals surface area contributed by atoms with Crippen molar-refractivity contribution in [2.45, 2.75) is 40.5 Å². The van der Waals surface area contributed by atoms with Crippen LogP contribution in [-0.2, 0) is 0 Å². The maximum Gasteiger partial charge on any atom is 0.0731 e. The highest BCUT2D eigenvalue weighted by Crippen LogP contribution is 2.28. The number of pyridine rings is 2. The number of rotatable bonds is 4. The molecule has 0 aromatic carbocycles. The standard InChI is InChI=1S/C29H30N4/c1-5-20(3)29-21(4)33(28-7-6-19(2)16-25(28)29)24-17-26(22-8-12-30-13-9-22)32-27(18-24)23-10-14-31-15-11-23/h5,7-10,12-14,16-19H,6,11,15H2,1-4H3/b20-5+. The highest BCUT2D eigenvalue weighted by molar-refractivity contribution is 5.86. The van der Waals surface area contributed by atoms with Crippen LogP contribution >= 0.6 is 0 Å². The molecular weight excluding hydrogens is 404 g/mol. The second-order valence-electron chi connectivity index (χ2n) is 8.98. The molecule has 33 heavy (non-hydrogen) atoms. The Morgan fingerprint density at radius 3 is 2.67 bits per heavy atom. The van der Waals surface area contributed by atoms with Crippen molar-refractivity contribution in [3.63, 3.8) is 0 Å². The first-order valence-electron chi connectivity index (χ1n) is 11.8. The number of allylic oxidation sites excluding steroid dienone is 3. The topological polar surface area (TPSA) is 43.1 Å². The van der Waals surface area contributed by atoms with Gasteiger partial charge in [-0.15, -0.1) is 0 Å². The van der Waals surface area contributed by atoms with E-state index in [1.165, 1.54) is 33.0 Å². The molecule has 0 radical (unpaired) electrons. The van der Waals surface area contributed by atoms with Crippen LogP contribution in [0.25, 0.3) is 40.2 Å². The Balaban J connectivity index is 1.81. The van der Waals surface area contributed by atoms with Crippen LogP contribution in [0.2, 0.25) is 0 Å². The normalized spacial score (nSPS) is 17.8. The van der Waals surface area contributed by atoms with Gasteiger partial charge < -0.3 is 4.57 Å². The molecule has 0 saturated carbocycles. The molecule has 4 nitrogen and oxygen atoms in total. The van der Waals surface area contributed by atoms with Gasteiger partial charge in [-0.3, -0.25) is 9.98 Å². The Kier molecular flexibility index (Phi) is 5.67. The van der Waals surface area contributed by atoms with E-state index >= 15 is 0 Å². The van der Waals surface area contributed by atoms with E-state index in [1.54, 1.807) is 0 Å². The number of fused-ring (bicyclic) bond motifs is 1. The first kappa shape index (κ1) is 21.3. The third-order valence-corrected chi connectivity index (χ3v) is 6.71. The van der Waals surface area contributed by atoms with Crippen molar-refractivity contribution in [1.29, 1.82) is 0 Å². The predicted octanol–water partition coefficient (Wildman–Crippen LogP) is 5.12. The summed E-state index contributed by atoms with van der Waals surface area (Å²) >= 11 is 0. The summed E-state index contributed by atoms with van der Waals surface area (Å²) in [7, 11) is 0. The summed E-state index contributed by atoms with van der Waals surface area (Å²) in [6, 6.07) is 8.51. The molecule has 0 fully saturated rings. The molecule has 3 aromatic heterocycles. The minimum absolute atomic E-state index is 0.545. The van der Waals surface area contributed by atoms with Gasteiger partial charge >= 0.3 is 0 Å². The largest absolute Gasteiger partial charge is 0.313 e. The van der Waals surface area contributed by atoms with E-state index in [9.17, 15) is 0 Å². The number of hydrogen-bond donors (Lipinski definition) is 0. The molecule has 0 saturated heterocycles. The van der Waals surface area contributed by atoms with E-state index in [0.29, 0.717) is 5.92 Å². The van der Waals surface area contributed by atoms with Crippen molar-refractivity contribution in [2.24, 2.45) is 10.9 Å². The van der Waals surface area contributed by atoms with Crippen LogP contribution in [-0.4, -0.2) is 27.3 Å². The van der Waals surface area contributed by atoms with Gasteiger partial charge in [0.25, 0.3) is 0 Å². The smallest absolute Gasteiger partial charge is 0.0731 e. The van der Waals surface area contributed by atoms with E-state index in [-0.39, 0.29) is 0 Å². The molecule has 0 bridgehead atoms. The summed E-state index contributed by atoms with van der Waals surface area (Å²) in [6.45, 7) is 9.69. The zero-order valence-corrected chi connectivity index (χ0v) is 19.8. The van der Waals surface area contributed by atoms with E-state index in [1.807, 2.05) is 30.7 Å². The van der Waals surface area contributed by atoms with Gasteiger partial charge in [-0.2, -0.15) is 0 Å². The molecule has 1 aliphatic carbocycles. The van der Waals surface area contributed by atoms with Crippen molar-refractivity contribution >= 4 is 29.5 Å². The van der Waals surface area contributed by atoms with Crippen molar-refractivity contribution in [1.82, 2.24) is 14.5 Å². The molecule has 1 aliphatic heterocycles. The molecular formula is C29H30N4. The number of hydrogen-bond acceptors (Lipinski definition) is 3. The van der Waals surface area contributed by atoms with Crippen LogP contribution in [0.4, 0.5) is 0 Å². The molecule has 4 heteroatoms. The summed E-state index contributed by atoms with van der Waals surface area (Å²) in [5.74, 6) is 0.545. The fourth-order valence-electron chi connectivity index (χ4n) is 4.91. The van der Waals surface area contributed by atoms with Crippen LogP contribution in [0.3, 0.4) is 0 Å². The van der Waals surface area contributed by atoms with Crippen LogP contribution in [0.1, 0.15) is 50.6 Å². The molecule has 166 valence electrons. The Bertz CT molecular complexity index is 1420. The van der Waals surface area contributed by atoms with Gasteiger partial charge in [0.1, 0.15) is 0 Å². The minimum Gasteiger partial charge on any atom is -0.313 e. The van der Waals surface area contributed by atoms with E-state index in [2.05, 4.69) is 78.7 Å². The van der Waals surface area contributed by atoms with Crippen LogP contribution in [0.15, 0.2) is 53.8 Å². The molecule has 0 N–H and O–H groups in total. The van der Waals surface area contributed by atoms with Gasteiger partial charge in [-0.25, -0.2) is 4.98 Å². The van der Waals surface area contributed by atoms with E-state index in [0.717, 1.165) is 42.0 Å². The third kappa shape index (κ3) is 3.91. The quantitative estimate of drug-likeness (QED) is 0.572. The Labute approximate surface area is 195 Å². The average Bonchev–Trinajstić information content (AvgIpc) is 3.15. The summed E-state index contributed by atoms with van der Waals surface area (Å²) in [4.78, 5) is 13.6. The number of dihydropyridines is 1. The maximum absolute atomic E-state index is 5.06. The lowest BCUT2D eigenvalue weighted by Crippen LogP contribution is -2.33. The lowest BCUT2D eigenvalue weighted by atomic mass is 9.98. The monoisotopic (exact) mass is 434 g/mol. The van der Waals surface area contributed by atoms with Gasteiger partial charge in [0.05, 0.1) is 17.1 Å². The summed E-state index contributed by atoms with van der Waals surface area (Å²) in [6.07, 6.45) is 16.7. The highest BCUT2D eigenvalue weighted by atomic mass is 15.0. The highest BCUT2D eigenvalue weighted by Gasteiger charge is 2.19. The molecule has 1 atom stereocenters. The van der Waals surface area contributed by atoms with Crippen molar-refractivity contribution in [3.8, 4) is 16.9 Å². The summed E-state index contributed by atoms with van der Waals surface area (Å²) < 4.78 is 2.42. The van der Waals surface area contributed by atoms with Gasteiger partial charge in [0.2, 0.25) is 0 Å². The Hall–Kier alpha value is -3.53. The van der Waals surface area contributed by atoms with Crippen LogP contribution < -0.4 is 10.6 Å². The fraction of sp³-hybridized carbons (Fsp3) is 0.276. The summed E-state index contributed by atoms with van der Waals surface area (Å²) in [5, 5.41) is 2.65. The maximum atomic E-state index is 5.06. The number of nitrogens with zero attached hydrogens (tertiary/aromatic N) is 4. The average molecular weight is 435 g/mol. The number of aromatic nitrogens is 3. The second kappa shape index (κ2) is 8.78. The zero-order chi connectivity index (χ0) is 22.9. The Morgan fingerprint density at radius 1 is 1.15 bits per heavy atom. The fourth-order valence-corrected chi connectivity index (χ4v) is 4.91. The third-order valence-electron chi connectivity index (χ3n) is 6.71. The number of aliphatic imine (C=N–C) groups is 1. The van der Waals surface area contributed by atoms with Gasteiger partial charge in [-0.1, -0.05) is 25.2 Å². The van der Waals surface area contributed by atoms with Gasteiger partial charge in [-0.05, 0) is 81.0 Å².